The number of carbonyl (C=O) groups is 2. The Balaban J connectivity index is 2.41. The Morgan fingerprint density at radius 2 is 2.00 bits per heavy atom. The van der Waals surface area contributed by atoms with Crippen LogP contribution in [0.4, 0.5) is 5.69 Å². The number of carboxylic acid groups (broad SMARTS) is 1. The predicted octanol–water partition coefficient (Wildman–Crippen LogP) is 0.959. The maximum Gasteiger partial charge on any atom is 0.328 e. The largest absolute Gasteiger partial charge is 0.478 e. The van der Waals surface area contributed by atoms with Gasteiger partial charge in [-0.3, -0.25) is 4.79 Å². The molecule has 1 amide bonds. The molecular formula is C14H18N2O4. The maximum absolute atomic E-state index is 11.6. The Labute approximate surface area is 117 Å². The number of anilines is 1. The molecular weight excluding hydrogens is 260 g/mol. The molecule has 0 saturated heterocycles. The number of rotatable bonds is 8. The number of benzene rings is 1. The Morgan fingerprint density at radius 3 is 2.60 bits per heavy atom. The van der Waals surface area contributed by atoms with E-state index in [-0.39, 0.29) is 12.5 Å². The summed E-state index contributed by atoms with van der Waals surface area (Å²) in [6.07, 6.45) is 2.55. The third kappa shape index (κ3) is 6.67. The normalized spacial score (nSPS) is 10.7. The topological polar surface area (TPSA) is 87.7 Å². The minimum Gasteiger partial charge on any atom is -0.478 e. The number of hydrogen-bond acceptors (Lipinski definition) is 4. The lowest BCUT2D eigenvalue weighted by Crippen LogP contribution is -2.30. The van der Waals surface area contributed by atoms with Gasteiger partial charge >= 0.3 is 5.97 Å². The molecule has 0 aliphatic rings. The fourth-order valence-corrected chi connectivity index (χ4v) is 1.43. The number of aliphatic carboxylic acids is 1. The third-order valence-corrected chi connectivity index (χ3v) is 2.38. The lowest BCUT2D eigenvalue weighted by atomic mass is 10.2. The van der Waals surface area contributed by atoms with E-state index in [4.69, 9.17) is 9.84 Å². The zero-order chi connectivity index (χ0) is 14.8. The van der Waals surface area contributed by atoms with Crippen LogP contribution in [0.5, 0.6) is 0 Å². The highest BCUT2D eigenvalue weighted by Gasteiger charge is 2.01. The summed E-state index contributed by atoms with van der Waals surface area (Å²) in [6, 6.07) is 6.89. The second kappa shape index (κ2) is 8.84. The molecule has 0 aliphatic carbocycles. The fraction of sp³-hybridized carbons (Fsp3) is 0.286. The zero-order valence-electron chi connectivity index (χ0n) is 11.3. The van der Waals surface area contributed by atoms with Crippen LogP contribution in [-0.4, -0.2) is 43.8 Å². The highest BCUT2D eigenvalue weighted by molar-refractivity contribution is 5.92. The first-order valence-corrected chi connectivity index (χ1v) is 6.12. The van der Waals surface area contributed by atoms with Gasteiger partial charge in [-0.25, -0.2) is 4.79 Å². The summed E-state index contributed by atoms with van der Waals surface area (Å²) in [5.41, 5.74) is 1.42. The number of hydrogen-bond donors (Lipinski definition) is 3. The van der Waals surface area contributed by atoms with Gasteiger partial charge in [0.2, 0.25) is 5.91 Å². The molecule has 0 unspecified atom stereocenters. The number of nitrogens with one attached hydrogen (secondary N) is 2. The average Bonchev–Trinajstić information content (AvgIpc) is 2.43. The van der Waals surface area contributed by atoms with E-state index in [0.717, 1.165) is 11.6 Å². The summed E-state index contributed by atoms with van der Waals surface area (Å²) in [5, 5.41) is 14.2. The summed E-state index contributed by atoms with van der Waals surface area (Å²) >= 11 is 0. The summed E-state index contributed by atoms with van der Waals surface area (Å²) in [4.78, 5) is 21.9. The van der Waals surface area contributed by atoms with E-state index >= 15 is 0 Å². The third-order valence-electron chi connectivity index (χ3n) is 2.38. The second-order valence-electron chi connectivity index (χ2n) is 4.01. The van der Waals surface area contributed by atoms with Crippen molar-refractivity contribution in [1.82, 2.24) is 5.32 Å². The van der Waals surface area contributed by atoms with Crippen molar-refractivity contribution in [2.24, 2.45) is 0 Å². The van der Waals surface area contributed by atoms with E-state index in [0.29, 0.717) is 18.8 Å². The number of amides is 1. The van der Waals surface area contributed by atoms with Gasteiger partial charge < -0.3 is 20.5 Å². The summed E-state index contributed by atoms with van der Waals surface area (Å²) < 4.78 is 4.85. The molecule has 0 bridgehead atoms. The van der Waals surface area contributed by atoms with Gasteiger partial charge in [-0.15, -0.1) is 0 Å². The Morgan fingerprint density at radius 1 is 1.30 bits per heavy atom. The van der Waals surface area contributed by atoms with Gasteiger partial charge in [0, 0.05) is 25.4 Å². The predicted molar refractivity (Wildman–Crippen MR) is 76.5 cm³/mol. The monoisotopic (exact) mass is 278 g/mol. The quantitative estimate of drug-likeness (QED) is 0.487. The molecule has 0 heterocycles. The molecule has 0 saturated carbocycles. The van der Waals surface area contributed by atoms with E-state index in [9.17, 15) is 9.59 Å². The molecule has 1 aromatic rings. The lowest BCUT2D eigenvalue weighted by Gasteiger charge is -2.06. The molecule has 0 radical (unpaired) electrons. The number of carbonyl (C=O) groups excluding carboxylic acids is 1. The average molecular weight is 278 g/mol. The molecule has 3 N–H and O–H groups in total. The summed E-state index contributed by atoms with van der Waals surface area (Å²) in [6.45, 7) is 1.38. The number of methoxy groups -OCH3 is 1. The van der Waals surface area contributed by atoms with E-state index in [1.54, 1.807) is 31.4 Å². The van der Waals surface area contributed by atoms with Crippen LogP contribution < -0.4 is 10.6 Å². The van der Waals surface area contributed by atoms with Crippen molar-refractivity contribution in [2.75, 3.05) is 32.1 Å². The maximum atomic E-state index is 11.6. The summed E-state index contributed by atoms with van der Waals surface area (Å²) in [5.74, 6) is -1.14. The van der Waals surface area contributed by atoms with Crippen LogP contribution in [0, 0.1) is 0 Å². The van der Waals surface area contributed by atoms with Gasteiger partial charge in [-0.05, 0) is 23.8 Å². The van der Waals surface area contributed by atoms with Crippen molar-refractivity contribution in [3.05, 3.63) is 35.9 Å². The Bertz CT molecular complexity index is 469. The van der Waals surface area contributed by atoms with Crippen LogP contribution in [0.1, 0.15) is 5.56 Å². The van der Waals surface area contributed by atoms with Crippen molar-refractivity contribution in [2.45, 2.75) is 0 Å². The van der Waals surface area contributed by atoms with Gasteiger partial charge in [0.05, 0.1) is 13.2 Å². The Kier molecular flexibility index (Phi) is 7.02. The van der Waals surface area contributed by atoms with Crippen LogP contribution in [0.3, 0.4) is 0 Å². The van der Waals surface area contributed by atoms with Crippen LogP contribution >= 0.6 is 0 Å². The number of carboxylic acids is 1. The fourth-order valence-electron chi connectivity index (χ4n) is 1.43. The number of ether oxygens (including phenoxy) is 1. The van der Waals surface area contributed by atoms with Crippen molar-refractivity contribution in [3.8, 4) is 0 Å². The van der Waals surface area contributed by atoms with Gasteiger partial charge in [0.25, 0.3) is 0 Å². The van der Waals surface area contributed by atoms with Crippen molar-refractivity contribution < 1.29 is 19.4 Å². The van der Waals surface area contributed by atoms with Crippen molar-refractivity contribution >= 4 is 23.6 Å². The minimum atomic E-state index is -0.996. The van der Waals surface area contributed by atoms with Crippen LogP contribution in [0.25, 0.3) is 6.08 Å². The SMILES string of the molecule is COCCNCC(=O)Nc1ccc(/C=C/C(=O)O)cc1. The smallest absolute Gasteiger partial charge is 0.328 e. The molecule has 0 aliphatic heterocycles. The van der Waals surface area contributed by atoms with Crippen LogP contribution in [0.15, 0.2) is 30.3 Å². The zero-order valence-corrected chi connectivity index (χ0v) is 11.3. The van der Waals surface area contributed by atoms with Crippen LogP contribution in [-0.2, 0) is 14.3 Å². The van der Waals surface area contributed by atoms with Gasteiger partial charge in [0.1, 0.15) is 0 Å². The first kappa shape index (κ1) is 15.9. The molecule has 6 nitrogen and oxygen atoms in total. The molecule has 1 aromatic carbocycles. The van der Waals surface area contributed by atoms with Gasteiger partial charge in [-0.2, -0.15) is 0 Å². The van der Waals surface area contributed by atoms with E-state index in [2.05, 4.69) is 10.6 Å². The minimum absolute atomic E-state index is 0.144. The second-order valence-corrected chi connectivity index (χ2v) is 4.01. The highest BCUT2D eigenvalue weighted by Crippen LogP contribution is 2.10. The molecule has 6 heteroatoms. The standard InChI is InChI=1S/C14H18N2O4/c1-20-9-8-15-10-13(17)16-12-5-2-11(3-6-12)4-7-14(18)19/h2-7,15H,8-10H2,1H3,(H,16,17)(H,18,19)/b7-4+. The van der Waals surface area contributed by atoms with Crippen LogP contribution in [0.2, 0.25) is 0 Å². The molecule has 108 valence electrons. The first-order valence-electron chi connectivity index (χ1n) is 6.12. The van der Waals surface area contributed by atoms with Crippen molar-refractivity contribution in [1.29, 1.82) is 0 Å². The highest BCUT2D eigenvalue weighted by atomic mass is 16.5. The Hall–Kier alpha value is -2.18. The van der Waals surface area contributed by atoms with E-state index < -0.39 is 5.97 Å². The molecule has 1 rings (SSSR count). The molecule has 0 fully saturated rings. The lowest BCUT2D eigenvalue weighted by molar-refractivity contribution is -0.131. The van der Waals surface area contributed by atoms with E-state index in [1.807, 2.05) is 0 Å². The molecule has 0 atom stereocenters. The summed E-state index contributed by atoms with van der Waals surface area (Å²) in [7, 11) is 1.60. The molecule has 0 spiro atoms. The first-order chi connectivity index (χ1) is 9.61. The van der Waals surface area contributed by atoms with Crippen molar-refractivity contribution in [3.63, 3.8) is 0 Å². The molecule has 20 heavy (non-hydrogen) atoms. The van der Waals surface area contributed by atoms with Gasteiger partial charge in [-0.1, -0.05) is 12.1 Å². The molecule has 0 aromatic heterocycles. The van der Waals surface area contributed by atoms with Gasteiger partial charge in [0.15, 0.2) is 0 Å². The van der Waals surface area contributed by atoms with E-state index in [1.165, 1.54) is 6.08 Å².